The van der Waals surface area contributed by atoms with Gasteiger partial charge in [-0.1, -0.05) is 24.3 Å². The van der Waals surface area contributed by atoms with Gasteiger partial charge in [0.25, 0.3) is 5.91 Å². The number of rotatable bonds is 5. The Hall–Kier alpha value is -3.42. The average molecular weight is 424 g/mol. The summed E-state index contributed by atoms with van der Waals surface area (Å²) in [7, 11) is 0. The number of hydrogen-bond donors (Lipinski definition) is 1. The third-order valence-corrected chi connectivity index (χ3v) is 5.79. The van der Waals surface area contributed by atoms with E-state index in [1.165, 1.54) is 16.7 Å². The maximum Gasteiger partial charge on any atom is 0.329 e. The van der Waals surface area contributed by atoms with Crippen LogP contribution in [0.5, 0.6) is 0 Å². The molecule has 31 heavy (non-hydrogen) atoms. The first-order valence-corrected chi connectivity index (χ1v) is 10.5. The van der Waals surface area contributed by atoms with Crippen molar-refractivity contribution in [3.05, 3.63) is 70.4 Å². The van der Waals surface area contributed by atoms with Crippen molar-refractivity contribution in [2.45, 2.75) is 38.9 Å². The predicted octanol–water partition coefficient (Wildman–Crippen LogP) is 2.38. The quantitative estimate of drug-likeness (QED) is 0.683. The maximum atomic E-state index is 13.9. The van der Waals surface area contributed by atoms with Gasteiger partial charge in [0, 0.05) is 25.7 Å². The Morgan fingerprint density at radius 3 is 2.26 bits per heavy atom. The maximum absolute atomic E-state index is 13.9. The van der Waals surface area contributed by atoms with Crippen molar-refractivity contribution in [1.29, 1.82) is 0 Å². The molecule has 1 N–H and O–H groups in total. The fraction of sp³-hybridized carbons (Fsp3) is 0.348. The number of aryl methyl sites for hydroxylation is 1. The number of carbonyl (C=O) groups excluding carboxylic acids is 2. The Balaban J connectivity index is 1.38. The van der Waals surface area contributed by atoms with E-state index in [0.717, 1.165) is 11.0 Å². The fourth-order valence-corrected chi connectivity index (χ4v) is 4.18. The summed E-state index contributed by atoms with van der Waals surface area (Å²) in [5.41, 5.74) is 1.40. The summed E-state index contributed by atoms with van der Waals surface area (Å²) in [5.74, 6) is -1.10. The second-order valence-electron chi connectivity index (χ2n) is 7.72. The Bertz CT molecular complexity index is 1180. The molecular formula is C23H25FN4O3. The van der Waals surface area contributed by atoms with Gasteiger partial charge in [-0.2, -0.15) is 0 Å². The van der Waals surface area contributed by atoms with Crippen LogP contribution in [0.3, 0.4) is 0 Å². The molecule has 8 heteroatoms. The van der Waals surface area contributed by atoms with Gasteiger partial charge in [0.2, 0.25) is 5.91 Å². The molecule has 2 amide bonds. The van der Waals surface area contributed by atoms with Gasteiger partial charge in [-0.05, 0) is 44.0 Å². The van der Waals surface area contributed by atoms with Gasteiger partial charge < -0.3 is 10.2 Å². The minimum Gasteiger partial charge on any atom is -0.352 e. The largest absolute Gasteiger partial charge is 0.352 e. The van der Waals surface area contributed by atoms with E-state index in [1.54, 1.807) is 21.6 Å². The highest BCUT2D eigenvalue weighted by molar-refractivity contribution is 5.94. The molecule has 2 aromatic carbocycles. The van der Waals surface area contributed by atoms with Crippen LogP contribution in [-0.4, -0.2) is 45.0 Å². The van der Waals surface area contributed by atoms with Crippen molar-refractivity contribution in [1.82, 2.24) is 19.4 Å². The summed E-state index contributed by atoms with van der Waals surface area (Å²) < 4.78 is 17.0. The summed E-state index contributed by atoms with van der Waals surface area (Å²) in [5, 5.41) is 2.98. The molecule has 0 unspecified atom stereocenters. The topological polar surface area (TPSA) is 76.3 Å². The summed E-state index contributed by atoms with van der Waals surface area (Å²) in [4.78, 5) is 39.5. The number of piperidine rings is 1. The lowest BCUT2D eigenvalue weighted by atomic mass is 10.0. The predicted molar refractivity (Wildman–Crippen MR) is 115 cm³/mol. The molecule has 0 spiro atoms. The second kappa shape index (κ2) is 8.75. The molecule has 1 fully saturated rings. The smallest absolute Gasteiger partial charge is 0.329 e. The van der Waals surface area contributed by atoms with Crippen molar-refractivity contribution >= 4 is 22.8 Å². The first-order valence-electron chi connectivity index (χ1n) is 10.5. The molecule has 4 rings (SSSR count). The zero-order chi connectivity index (χ0) is 22.0. The van der Waals surface area contributed by atoms with Gasteiger partial charge in [0.1, 0.15) is 12.4 Å². The van der Waals surface area contributed by atoms with Gasteiger partial charge in [0.05, 0.1) is 16.6 Å². The standard InChI is InChI=1S/C23H25FN4O3/c1-2-27-19-9-5-6-10-20(19)28(23(27)31)15-21(29)25-16-11-13-26(14-12-16)22(30)17-7-3-4-8-18(17)24/h3-10,16H,2,11-15H2,1H3,(H,25,29). The van der Waals surface area contributed by atoms with E-state index in [2.05, 4.69) is 5.32 Å². The lowest BCUT2D eigenvalue weighted by molar-refractivity contribution is -0.122. The van der Waals surface area contributed by atoms with Gasteiger partial charge >= 0.3 is 5.69 Å². The van der Waals surface area contributed by atoms with Crippen molar-refractivity contribution < 1.29 is 14.0 Å². The third kappa shape index (κ3) is 4.10. The average Bonchev–Trinajstić information content (AvgIpc) is 3.05. The monoisotopic (exact) mass is 424 g/mol. The lowest BCUT2D eigenvalue weighted by Gasteiger charge is -2.32. The highest BCUT2D eigenvalue weighted by Gasteiger charge is 2.26. The minimum atomic E-state index is -0.528. The summed E-state index contributed by atoms with van der Waals surface area (Å²) in [6, 6.07) is 13.3. The zero-order valence-electron chi connectivity index (χ0n) is 17.4. The number of imidazole rings is 1. The number of hydrogen-bond acceptors (Lipinski definition) is 3. The third-order valence-electron chi connectivity index (χ3n) is 5.79. The van der Waals surface area contributed by atoms with E-state index in [4.69, 9.17) is 0 Å². The van der Waals surface area contributed by atoms with Crippen molar-refractivity contribution in [3.8, 4) is 0 Å². The van der Waals surface area contributed by atoms with Crippen molar-refractivity contribution in [2.75, 3.05) is 13.1 Å². The SMILES string of the molecule is CCn1c(=O)n(CC(=O)NC2CCN(C(=O)c3ccccc3F)CC2)c2ccccc21. The lowest BCUT2D eigenvalue weighted by Crippen LogP contribution is -2.47. The van der Waals surface area contributed by atoms with Gasteiger partial charge in [0.15, 0.2) is 0 Å². The summed E-state index contributed by atoms with van der Waals surface area (Å²) in [6.45, 7) is 3.25. The number of nitrogens with zero attached hydrogens (tertiary/aromatic N) is 3. The summed E-state index contributed by atoms with van der Waals surface area (Å²) >= 11 is 0. The highest BCUT2D eigenvalue weighted by Crippen LogP contribution is 2.17. The number of nitrogens with one attached hydrogen (secondary N) is 1. The number of benzene rings is 2. The molecule has 0 bridgehead atoms. The molecular weight excluding hydrogens is 399 g/mol. The Labute approximate surface area is 179 Å². The van der Waals surface area contributed by atoms with Gasteiger partial charge in [-0.3, -0.25) is 18.7 Å². The number of likely N-dealkylation sites (tertiary alicyclic amines) is 1. The van der Waals surface area contributed by atoms with E-state index in [1.807, 2.05) is 31.2 Å². The van der Waals surface area contributed by atoms with Crippen LogP contribution in [0.2, 0.25) is 0 Å². The molecule has 1 aromatic heterocycles. The van der Waals surface area contributed by atoms with Crippen molar-refractivity contribution in [2.24, 2.45) is 0 Å². The minimum absolute atomic E-state index is 0.0548. The van der Waals surface area contributed by atoms with Gasteiger partial charge in [-0.25, -0.2) is 9.18 Å². The molecule has 7 nitrogen and oxygen atoms in total. The number of fused-ring (bicyclic) bond motifs is 1. The van der Waals surface area contributed by atoms with Crippen LogP contribution in [0.15, 0.2) is 53.3 Å². The summed E-state index contributed by atoms with van der Waals surface area (Å²) in [6.07, 6.45) is 1.16. The molecule has 0 atom stereocenters. The van der Waals surface area contributed by atoms with Crippen LogP contribution in [0, 0.1) is 5.82 Å². The van der Waals surface area contributed by atoms with Crippen LogP contribution >= 0.6 is 0 Å². The molecule has 1 aliphatic heterocycles. The molecule has 3 aromatic rings. The molecule has 0 aliphatic carbocycles. The number of carbonyl (C=O) groups is 2. The number of halogens is 1. The first-order chi connectivity index (χ1) is 15.0. The fourth-order valence-electron chi connectivity index (χ4n) is 4.18. The Kier molecular flexibility index (Phi) is 5.88. The van der Waals surface area contributed by atoms with Crippen LogP contribution in [-0.2, 0) is 17.9 Å². The normalized spacial score (nSPS) is 14.7. The molecule has 1 saturated heterocycles. The van der Waals surface area contributed by atoms with Gasteiger partial charge in [-0.15, -0.1) is 0 Å². The Morgan fingerprint density at radius 2 is 1.61 bits per heavy atom. The van der Waals surface area contributed by atoms with Crippen LogP contribution in [0.4, 0.5) is 4.39 Å². The van der Waals surface area contributed by atoms with E-state index >= 15 is 0 Å². The van der Waals surface area contributed by atoms with E-state index in [-0.39, 0.29) is 35.7 Å². The zero-order valence-corrected chi connectivity index (χ0v) is 17.4. The molecule has 162 valence electrons. The molecule has 0 saturated carbocycles. The van der Waals surface area contributed by atoms with Crippen LogP contribution in [0.1, 0.15) is 30.1 Å². The number of aromatic nitrogens is 2. The molecule has 2 heterocycles. The van der Waals surface area contributed by atoms with Crippen LogP contribution < -0.4 is 11.0 Å². The van der Waals surface area contributed by atoms with Crippen LogP contribution in [0.25, 0.3) is 11.0 Å². The molecule has 1 aliphatic rings. The number of amides is 2. The van der Waals surface area contributed by atoms with E-state index in [9.17, 15) is 18.8 Å². The molecule has 0 radical (unpaired) electrons. The second-order valence-corrected chi connectivity index (χ2v) is 7.72. The van der Waals surface area contributed by atoms with E-state index < -0.39 is 5.82 Å². The number of para-hydroxylation sites is 2. The van der Waals surface area contributed by atoms with E-state index in [0.29, 0.717) is 32.5 Å². The first kappa shape index (κ1) is 20.8. The highest BCUT2D eigenvalue weighted by atomic mass is 19.1. The van der Waals surface area contributed by atoms with Crippen molar-refractivity contribution in [3.63, 3.8) is 0 Å². The Morgan fingerprint density at radius 1 is 1.00 bits per heavy atom.